The molecule has 2 aliphatic heterocycles. The maximum absolute atomic E-state index is 15.2. The van der Waals surface area contributed by atoms with Gasteiger partial charge >= 0.3 is 0 Å². The summed E-state index contributed by atoms with van der Waals surface area (Å²) in [6, 6.07) is 2.98. The van der Waals surface area contributed by atoms with Gasteiger partial charge in [0.1, 0.15) is 35.6 Å². The van der Waals surface area contributed by atoms with Crippen molar-refractivity contribution < 1.29 is 40.9 Å². The molecule has 4 heterocycles. The van der Waals surface area contributed by atoms with Gasteiger partial charge in [-0.25, -0.2) is 31.3 Å². The van der Waals surface area contributed by atoms with Gasteiger partial charge in [0, 0.05) is 12.1 Å². The van der Waals surface area contributed by atoms with Gasteiger partial charge in [0.15, 0.2) is 17.6 Å². The number of sulfonamides is 1. The van der Waals surface area contributed by atoms with Gasteiger partial charge in [-0.3, -0.25) is 0 Å². The SMILES string of the molecule is CS(=O)(=O)NC1CC=C(c2cc(F)c(-c3nc4nc(O[C@@H]5COC6[C@H](O)CO[C@@H]65)[nH]c4cc3F)c(F)c2)CC1. The van der Waals surface area contributed by atoms with E-state index in [-0.39, 0.29) is 36.4 Å². The van der Waals surface area contributed by atoms with Crippen LogP contribution in [0, 0.1) is 17.5 Å². The van der Waals surface area contributed by atoms with E-state index in [4.69, 9.17) is 14.2 Å². The number of aromatic amines is 1. The molecule has 5 atom stereocenters. The predicted octanol–water partition coefficient (Wildman–Crippen LogP) is 2.43. The van der Waals surface area contributed by atoms with Gasteiger partial charge in [0.05, 0.1) is 30.5 Å². The van der Waals surface area contributed by atoms with E-state index in [1.54, 1.807) is 6.08 Å². The normalized spacial score (nSPS) is 27.1. The number of hydrogen-bond acceptors (Lipinski definition) is 8. The smallest absolute Gasteiger partial charge is 0.296 e. The third kappa shape index (κ3) is 5.14. The third-order valence-electron chi connectivity index (χ3n) is 7.09. The molecule has 0 saturated carbocycles. The molecule has 3 aromatic rings. The predicted molar refractivity (Wildman–Crippen MR) is 133 cm³/mol. The second kappa shape index (κ2) is 9.86. The van der Waals surface area contributed by atoms with Crippen molar-refractivity contribution in [2.45, 2.75) is 49.7 Å². The van der Waals surface area contributed by atoms with Crippen molar-refractivity contribution in [3.8, 4) is 17.3 Å². The lowest BCUT2D eigenvalue weighted by Gasteiger charge is -2.22. The molecule has 2 unspecified atom stereocenters. The topological polar surface area (TPSA) is 136 Å². The van der Waals surface area contributed by atoms with E-state index in [1.165, 1.54) is 0 Å². The Morgan fingerprint density at radius 3 is 2.51 bits per heavy atom. The first-order valence-corrected chi connectivity index (χ1v) is 14.2. The van der Waals surface area contributed by atoms with Crippen molar-refractivity contribution in [2.24, 2.45) is 0 Å². The van der Waals surface area contributed by atoms with Crippen LogP contribution in [0.2, 0.25) is 0 Å². The van der Waals surface area contributed by atoms with Gasteiger partial charge in [-0.1, -0.05) is 6.08 Å². The molecule has 0 bridgehead atoms. The second-order valence-corrected chi connectivity index (χ2v) is 11.7. The quantitative estimate of drug-likeness (QED) is 0.414. The highest BCUT2D eigenvalue weighted by atomic mass is 32.2. The van der Waals surface area contributed by atoms with E-state index in [1.807, 2.05) is 0 Å². The number of hydrogen-bond donors (Lipinski definition) is 3. The summed E-state index contributed by atoms with van der Waals surface area (Å²) in [7, 11) is -3.36. The lowest BCUT2D eigenvalue weighted by Crippen LogP contribution is -2.34. The number of rotatable bonds is 6. The summed E-state index contributed by atoms with van der Waals surface area (Å²) >= 11 is 0. The average Bonchev–Trinajstić information content (AvgIpc) is 3.55. The van der Waals surface area contributed by atoms with Crippen LogP contribution < -0.4 is 9.46 Å². The Morgan fingerprint density at radius 1 is 1.08 bits per heavy atom. The van der Waals surface area contributed by atoms with Crippen LogP contribution in [0.5, 0.6) is 6.01 Å². The van der Waals surface area contributed by atoms with Crippen LogP contribution in [-0.2, 0) is 19.5 Å². The summed E-state index contributed by atoms with van der Waals surface area (Å²) in [6.45, 7) is 0.282. The Morgan fingerprint density at radius 2 is 1.82 bits per heavy atom. The number of ether oxygens (including phenoxy) is 3. The van der Waals surface area contributed by atoms with Crippen molar-refractivity contribution in [1.82, 2.24) is 19.7 Å². The van der Waals surface area contributed by atoms with Crippen molar-refractivity contribution in [3.05, 3.63) is 47.3 Å². The fourth-order valence-corrected chi connectivity index (χ4v) is 6.13. The van der Waals surface area contributed by atoms with E-state index >= 15 is 13.2 Å². The number of benzene rings is 1. The Bertz CT molecular complexity index is 1560. The molecule has 0 radical (unpaired) electrons. The molecule has 208 valence electrons. The van der Waals surface area contributed by atoms with Gasteiger partial charge < -0.3 is 24.3 Å². The minimum Gasteiger partial charge on any atom is -0.456 e. The first kappa shape index (κ1) is 26.2. The van der Waals surface area contributed by atoms with E-state index in [9.17, 15) is 13.5 Å². The van der Waals surface area contributed by atoms with Gasteiger partial charge in [-0.05, 0) is 42.5 Å². The zero-order valence-electron chi connectivity index (χ0n) is 20.7. The molecule has 39 heavy (non-hydrogen) atoms. The van der Waals surface area contributed by atoms with Gasteiger partial charge in [0.2, 0.25) is 10.0 Å². The Balaban J connectivity index is 1.24. The molecule has 3 N–H and O–H groups in total. The summed E-state index contributed by atoms with van der Waals surface area (Å²) in [5.41, 5.74) is -0.0519. The maximum Gasteiger partial charge on any atom is 0.296 e. The minimum atomic E-state index is -3.36. The molecule has 0 amide bonds. The summed E-state index contributed by atoms with van der Waals surface area (Å²) in [5.74, 6) is -2.95. The number of allylic oxidation sites excluding steroid dienone is 1. The molecular weight excluding hydrogens is 541 g/mol. The Hall–Kier alpha value is -3.04. The molecule has 2 fully saturated rings. The number of pyridine rings is 1. The van der Waals surface area contributed by atoms with E-state index in [0.717, 1.165) is 24.5 Å². The molecular formula is C25H25F3N4O6S. The molecule has 3 aliphatic rings. The van der Waals surface area contributed by atoms with Crippen LogP contribution in [0.15, 0.2) is 24.3 Å². The fourth-order valence-electron chi connectivity index (χ4n) is 5.31. The van der Waals surface area contributed by atoms with E-state index in [0.29, 0.717) is 30.4 Å². The Kier molecular flexibility index (Phi) is 6.62. The van der Waals surface area contributed by atoms with Crippen molar-refractivity contribution in [3.63, 3.8) is 0 Å². The van der Waals surface area contributed by atoms with Crippen LogP contribution in [0.25, 0.3) is 28.0 Å². The van der Waals surface area contributed by atoms with Gasteiger partial charge in [-0.2, -0.15) is 4.98 Å². The maximum atomic E-state index is 15.2. The average molecular weight is 567 g/mol. The van der Waals surface area contributed by atoms with Crippen molar-refractivity contribution in [2.75, 3.05) is 19.5 Å². The Labute approximate surface area is 221 Å². The minimum absolute atomic E-state index is 0.00233. The monoisotopic (exact) mass is 566 g/mol. The molecule has 6 rings (SSSR count). The fraction of sp³-hybridized carbons (Fsp3) is 0.440. The number of nitrogens with zero attached hydrogens (tertiary/aromatic N) is 2. The summed E-state index contributed by atoms with van der Waals surface area (Å²) < 4.78 is 87.7. The highest BCUT2D eigenvalue weighted by molar-refractivity contribution is 7.88. The number of H-pyrrole nitrogens is 1. The molecule has 2 saturated heterocycles. The van der Waals surface area contributed by atoms with Gasteiger partial charge in [0.25, 0.3) is 6.01 Å². The molecule has 1 aliphatic carbocycles. The number of imidazole rings is 1. The zero-order chi connectivity index (χ0) is 27.5. The number of halogens is 3. The largest absolute Gasteiger partial charge is 0.456 e. The van der Waals surface area contributed by atoms with Crippen LogP contribution in [0.4, 0.5) is 13.2 Å². The van der Waals surface area contributed by atoms with Crippen LogP contribution >= 0.6 is 0 Å². The molecule has 2 aromatic heterocycles. The summed E-state index contributed by atoms with van der Waals surface area (Å²) in [4.78, 5) is 11.0. The van der Waals surface area contributed by atoms with Gasteiger partial charge in [-0.15, -0.1) is 0 Å². The summed E-state index contributed by atoms with van der Waals surface area (Å²) in [6.07, 6.45) is 1.77. The summed E-state index contributed by atoms with van der Waals surface area (Å²) in [5, 5.41) is 9.88. The number of nitrogens with one attached hydrogen (secondary N) is 2. The molecule has 14 heteroatoms. The highest BCUT2D eigenvalue weighted by Gasteiger charge is 2.48. The number of aliphatic hydroxyl groups is 1. The number of aliphatic hydroxyl groups excluding tert-OH is 1. The van der Waals surface area contributed by atoms with Crippen molar-refractivity contribution >= 4 is 26.8 Å². The van der Waals surface area contributed by atoms with Crippen LogP contribution in [0.1, 0.15) is 24.8 Å². The number of aromatic nitrogens is 3. The lowest BCUT2D eigenvalue weighted by atomic mass is 9.90. The molecule has 10 nitrogen and oxygen atoms in total. The van der Waals surface area contributed by atoms with E-state index < -0.39 is 63.1 Å². The standard InChI is InChI=1S/C25H25F3N4O6S/c1-39(34,35)32-13-4-2-11(3-5-13)12-6-14(26)20(15(27)7-12)21-16(28)8-17-24(30-21)31-25(29-17)38-19-10-37-22-18(33)9-36-23(19)22/h2,6-8,13,18-19,22-23,32-33H,3-5,9-10H2,1H3,(H,29,30,31)/t13?,18-,19-,22?,23-/m1/s1. The zero-order valence-corrected chi connectivity index (χ0v) is 21.5. The third-order valence-corrected chi connectivity index (χ3v) is 7.85. The second-order valence-electron chi connectivity index (χ2n) is 9.96. The molecule has 0 spiro atoms. The first-order chi connectivity index (χ1) is 18.6. The first-order valence-electron chi connectivity index (χ1n) is 12.4. The lowest BCUT2D eigenvalue weighted by molar-refractivity contribution is 0.00706. The molecule has 1 aromatic carbocycles. The van der Waals surface area contributed by atoms with E-state index in [2.05, 4.69) is 19.7 Å². The van der Waals surface area contributed by atoms with Crippen molar-refractivity contribution in [1.29, 1.82) is 0 Å². The van der Waals surface area contributed by atoms with Crippen LogP contribution in [-0.4, -0.2) is 78.4 Å². The highest BCUT2D eigenvalue weighted by Crippen LogP contribution is 2.35. The number of fused-ring (bicyclic) bond motifs is 2. The van der Waals surface area contributed by atoms with Crippen LogP contribution in [0.3, 0.4) is 0 Å².